The molecule has 188 valence electrons. The summed E-state index contributed by atoms with van der Waals surface area (Å²) in [5.74, 6) is -1.02. The molecule has 3 amide bonds. The van der Waals surface area contributed by atoms with Gasteiger partial charge in [0.25, 0.3) is 11.8 Å². The summed E-state index contributed by atoms with van der Waals surface area (Å²) in [5.41, 5.74) is 4.30. The van der Waals surface area contributed by atoms with E-state index >= 15 is 0 Å². The van der Waals surface area contributed by atoms with Gasteiger partial charge in [-0.3, -0.25) is 19.4 Å². The lowest BCUT2D eigenvalue weighted by Crippen LogP contribution is -2.45. The fourth-order valence-corrected chi connectivity index (χ4v) is 6.34. The van der Waals surface area contributed by atoms with Crippen LogP contribution in [0.25, 0.3) is 20.8 Å². The van der Waals surface area contributed by atoms with Crippen LogP contribution in [0, 0.1) is 6.92 Å². The van der Waals surface area contributed by atoms with Crippen LogP contribution in [0.5, 0.6) is 0 Å². The highest BCUT2D eigenvalue weighted by Gasteiger charge is 2.44. The van der Waals surface area contributed by atoms with Crippen molar-refractivity contribution in [2.45, 2.75) is 25.9 Å². The monoisotopic (exact) mass is 538 g/mol. The molecule has 5 aromatic rings. The molecule has 0 bridgehead atoms. The number of pyridine rings is 1. The molecule has 1 saturated heterocycles. The molecule has 0 saturated carbocycles. The first-order valence-corrected chi connectivity index (χ1v) is 13.8. The van der Waals surface area contributed by atoms with Gasteiger partial charge in [0.15, 0.2) is 0 Å². The van der Waals surface area contributed by atoms with Crippen molar-refractivity contribution in [3.63, 3.8) is 0 Å². The van der Waals surface area contributed by atoms with E-state index in [-0.39, 0.29) is 24.8 Å². The Morgan fingerprint density at radius 1 is 1.08 bits per heavy atom. The predicted molar refractivity (Wildman–Crippen MR) is 149 cm³/mol. The topological polar surface area (TPSA) is 83.5 Å². The number of amides is 3. The lowest BCUT2D eigenvalue weighted by molar-refractivity contribution is -0.122. The fraction of sp³-hybridized carbons (Fsp3) is 0.138. The Balaban J connectivity index is 1.27. The lowest BCUT2D eigenvalue weighted by atomic mass is 10.1. The van der Waals surface area contributed by atoms with Crippen molar-refractivity contribution < 1.29 is 14.4 Å². The van der Waals surface area contributed by atoms with E-state index in [4.69, 9.17) is 4.98 Å². The number of hydrogen-bond acceptors (Lipinski definition) is 7. The Bertz CT molecular complexity index is 1650. The van der Waals surface area contributed by atoms with Gasteiger partial charge in [-0.2, -0.15) is 0 Å². The van der Waals surface area contributed by atoms with Gasteiger partial charge in [0.05, 0.1) is 27.2 Å². The van der Waals surface area contributed by atoms with Crippen molar-refractivity contribution in [3.8, 4) is 10.6 Å². The summed E-state index contributed by atoms with van der Waals surface area (Å²) >= 11 is 2.91. The predicted octanol–water partition coefficient (Wildman–Crippen LogP) is 5.70. The minimum absolute atomic E-state index is 0.0742. The fourth-order valence-electron chi connectivity index (χ4n) is 4.59. The second kappa shape index (κ2) is 9.92. The SMILES string of the molecule is Cc1ccc2nc(-c3ccc(N4C(=O)CC(N(Cc5cccnc5)C(=O)c5cccs5)C4=O)cc3)sc2c1. The third-order valence-electron chi connectivity index (χ3n) is 6.48. The third-order valence-corrected chi connectivity index (χ3v) is 8.41. The quantitative estimate of drug-likeness (QED) is 0.259. The Morgan fingerprint density at radius 2 is 1.92 bits per heavy atom. The number of aromatic nitrogens is 2. The first-order chi connectivity index (χ1) is 18.5. The summed E-state index contributed by atoms with van der Waals surface area (Å²) in [6.45, 7) is 2.23. The average molecular weight is 539 g/mol. The maximum absolute atomic E-state index is 13.6. The standard InChI is InChI=1S/C29H22N4O3S2/c1-18-6-11-22-25(14-18)38-27(31-22)20-7-9-21(10-8-20)33-26(34)15-23(28(33)35)32(17-19-4-2-12-30-16-19)29(36)24-5-3-13-37-24/h2-14,16,23H,15,17H2,1H3. The molecule has 0 radical (unpaired) electrons. The molecule has 1 atom stereocenters. The van der Waals surface area contributed by atoms with Crippen LogP contribution < -0.4 is 4.90 Å². The van der Waals surface area contributed by atoms with Gasteiger partial charge in [-0.25, -0.2) is 9.88 Å². The normalized spacial score (nSPS) is 15.4. The highest BCUT2D eigenvalue weighted by atomic mass is 32.1. The first kappa shape index (κ1) is 24.1. The second-order valence-corrected chi connectivity index (χ2v) is 11.1. The highest BCUT2D eigenvalue weighted by Crippen LogP contribution is 2.33. The number of thiazole rings is 1. The molecule has 7 nitrogen and oxygen atoms in total. The zero-order valence-electron chi connectivity index (χ0n) is 20.4. The molecular weight excluding hydrogens is 516 g/mol. The van der Waals surface area contributed by atoms with Crippen LogP contribution in [0.15, 0.2) is 84.5 Å². The summed E-state index contributed by atoms with van der Waals surface area (Å²) < 4.78 is 1.11. The highest BCUT2D eigenvalue weighted by molar-refractivity contribution is 7.21. The number of carbonyl (C=O) groups is 3. The molecule has 6 rings (SSSR count). The average Bonchev–Trinajstić information content (AvgIpc) is 3.67. The molecule has 0 N–H and O–H groups in total. The van der Waals surface area contributed by atoms with Crippen LogP contribution in [-0.2, 0) is 16.1 Å². The van der Waals surface area contributed by atoms with E-state index in [1.165, 1.54) is 26.7 Å². The minimum atomic E-state index is -0.899. The van der Waals surface area contributed by atoms with E-state index in [0.29, 0.717) is 10.6 Å². The van der Waals surface area contributed by atoms with Crippen LogP contribution in [0.4, 0.5) is 5.69 Å². The van der Waals surface area contributed by atoms with Crippen LogP contribution in [0.1, 0.15) is 27.2 Å². The number of fused-ring (bicyclic) bond motifs is 1. The third kappa shape index (κ3) is 4.51. The van der Waals surface area contributed by atoms with Crippen molar-refractivity contribution in [3.05, 3.63) is 101 Å². The van der Waals surface area contributed by atoms with E-state index in [0.717, 1.165) is 26.4 Å². The number of anilines is 1. The van der Waals surface area contributed by atoms with E-state index < -0.39 is 11.9 Å². The maximum atomic E-state index is 13.6. The Morgan fingerprint density at radius 3 is 2.66 bits per heavy atom. The molecule has 38 heavy (non-hydrogen) atoms. The van der Waals surface area contributed by atoms with Crippen LogP contribution in [0.3, 0.4) is 0 Å². The Kier molecular flexibility index (Phi) is 6.30. The molecule has 1 fully saturated rings. The largest absolute Gasteiger partial charge is 0.321 e. The number of carbonyl (C=O) groups excluding carboxylic acids is 3. The summed E-state index contributed by atoms with van der Waals surface area (Å²) in [5, 5.41) is 2.69. The minimum Gasteiger partial charge on any atom is -0.321 e. The number of thiophene rings is 1. The molecule has 0 spiro atoms. The molecule has 2 aromatic carbocycles. The molecule has 1 aliphatic heterocycles. The molecule has 1 unspecified atom stereocenters. The summed E-state index contributed by atoms with van der Waals surface area (Å²) in [4.78, 5) is 52.2. The van der Waals surface area contributed by atoms with Gasteiger partial charge in [0, 0.05) is 24.5 Å². The van der Waals surface area contributed by atoms with Crippen molar-refractivity contribution in [1.29, 1.82) is 0 Å². The van der Waals surface area contributed by atoms with E-state index in [1.54, 1.807) is 54.1 Å². The number of nitrogens with zero attached hydrogens (tertiary/aromatic N) is 4. The van der Waals surface area contributed by atoms with Gasteiger partial charge in [0.2, 0.25) is 5.91 Å². The van der Waals surface area contributed by atoms with Crippen molar-refractivity contribution in [1.82, 2.24) is 14.9 Å². The summed E-state index contributed by atoms with van der Waals surface area (Å²) in [6, 6.07) is 19.7. The van der Waals surface area contributed by atoms with Crippen LogP contribution in [0.2, 0.25) is 0 Å². The molecule has 3 aromatic heterocycles. The van der Waals surface area contributed by atoms with Gasteiger partial charge in [-0.1, -0.05) is 18.2 Å². The van der Waals surface area contributed by atoms with Crippen molar-refractivity contribution in [2.24, 2.45) is 0 Å². The number of aryl methyl sites for hydroxylation is 1. The Labute approximate surface area is 227 Å². The van der Waals surface area contributed by atoms with Crippen LogP contribution >= 0.6 is 22.7 Å². The summed E-state index contributed by atoms with van der Waals surface area (Å²) in [6.07, 6.45) is 3.24. The van der Waals surface area contributed by atoms with Crippen LogP contribution in [-0.4, -0.2) is 38.6 Å². The van der Waals surface area contributed by atoms with Crippen molar-refractivity contribution in [2.75, 3.05) is 4.90 Å². The first-order valence-electron chi connectivity index (χ1n) is 12.1. The number of hydrogen-bond donors (Lipinski definition) is 0. The molecule has 9 heteroatoms. The number of benzene rings is 2. The van der Waals surface area contributed by atoms with Gasteiger partial charge >= 0.3 is 0 Å². The zero-order chi connectivity index (χ0) is 26.2. The second-order valence-electron chi connectivity index (χ2n) is 9.10. The number of rotatable bonds is 6. The zero-order valence-corrected chi connectivity index (χ0v) is 22.0. The smallest absolute Gasteiger partial charge is 0.264 e. The molecule has 4 heterocycles. The van der Waals surface area contributed by atoms with E-state index in [2.05, 4.69) is 18.0 Å². The van der Waals surface area contributed by atoms with Gasteiger partial charge < -0.3 is 4.90 Å². The molecule has 0 aliphatic carbocycles. The van der Waals surface area contributed by atoms with Gasteiger partial charge in [0.1, 0.15) is 11.0 Å². The van der Waals surface area contributed by atoms with Gasteiger partial charge in [-0.05, 0) is 72.0 Å². The Hall–Kier alpha value is -4.21. The number of imide groups is 1. The van der Waals surface area contributed by atoms with Crippen molar-refractivity contribution >= 4 is 56.3 Å². The summed E-state index contributed by atoms with van der Waals surface area (Å²) in [7, 11) is 0. The maximum Gasteiger partial charge on any atom is 0.264 e. The molecule has 1 aliphatic rings. The lowest BCUT2D eigenvalue weighted by Gasteiger charge is -2.27. The molecular formula is C29H22N4O3S2. The van der Waals surface area contributed by atoms with E-state index in [1.807, 2.05) is 35.7 Å². The van der Waals surface area contributed by atoms with E-state index in [9.17, 15) is 14.4 Å². The van der Waals surface area contributed by atoms with Gasteiger partial charge in [-0.15, -0.1) is 22.7 Å².